The molecule has 0 radical (unpaired) electrons. The molecule has 1 aliphatic rings. The van der Waals surface area contributed by atoms with Gasteiger partial charge in [-0.15, -0.1) is 0 Å². The van der Waals surface area contributed by atoms with E-state index in [-0.39, 0.29) is 17.7 Å². The number of anilines is 1. The third-order valence-corrected chi connectivity index (χ3v) is 4.19. The van der Waals surface area contributed by atoms with Crippen LogP contribution in [0.3, 0.4) is 0 Å². The Hall–Kier alpha value is -1.96. The van der Waals surface area contributed by atoms with Crippen molar-refractivity contribution in [2.75, 3.05) is 58.3 Å². The smallest absolute Gasteiger partial charge is 0.251 e. The fraction of sp³-hybridized carbons (Fsp3) is 0.556. The molecule has 3 N–H and O–H groups in total. The molecule has 138 valence electrons. The number of rotatable bonds is 8. The highest BCUT2D eigenvalue weighted by atomic mass is 16.5. The van der Waals surface area contributed by atoms with Crippen LogP contribution in [0.15, 0.2) is 24.3 Å². The van der Waals surface area contributed by atoms with Gasteiger partial charge in [0.2, 0.25) is 5.91 Å². The molecule has 1 unspecified atom stereocenters. The maximum absolute atomic E-state index is 12.2. The van der Waals surface area contributed by atoms with Gasteiger partial charge < -0.3 is 20.7 Å². The van der Waals surface area contributed by atoms with E-state index in [2.05, 4.69) is 20.9 Å². The molecule has 1 aromatic rings. The summed E-state index contributed by atoms with van der Waals surface area (Å²) in [5, 5.41) is 8.75. The van der Waals surface area contributed by atoms with Crippen molar-refractivity contribution in [2.24, 2.45) is 5.92 Å². The molecule has 1 aliphatic heterocycles. The first-order valence-corrected chi connectivity index (χ1v) is 8.74. The van der Waals surface area contributed by atoms with Gasteiger partial charge in [-0.2, -0.15) is 0 Å². The predicted molar refractivity (Wildman–Crippen MR) is 97.8 cm³/mol. The van der Waals surface area contributed by atoms with Gasteiger partial charge in [-0.05, 0) is 31.3 Å². The van der Waals surface area contributed by atoms with Crippen molar-refractivity contribution in [3.8, 4) is 0 Å². The highest BCUT2D eigenvalue weighted by Gasteiger charge is 2.13. The molecule has 0 spiro atoms. The van der Waals surface area contributed by atoms with E-state index in [4.69, 9.17) is 4.74 Å². The van der Waals surface area contributed by atoms with Crippen LogP contribution in [-0.4, -0.2) is 69.7 Å². The minimum Gasteiger partial charge on any atom is -0.379 e. The van der Waals surface area contributed by atoms with Gasteiger partial charge in [0.1, 0.15) is 0 Å². The molecular weight excluding hydrogens is 320 g/mol. The highest BCUT2D eigenvalue weighted by molar-refractivity contribution is 5.96. The van der Waals surface area contributed by atoms with Crippen molar-refractivity contribution in [1.29, 1.82) is 0 Å². The Labute approximate surface area is 149 Å². The number of carbonyl (C=O) groups excluding carboxylic acids is 2. The van der Waals surface area contributed by atoms with Crippen molar-refractivity contribution >= 4 is 17.5 Å². The summed E-state index contributed by atoms with van der Waals surface area (Å²) in [5.41, 5.74) is 1.28. The van der Waals surface area contributed by atoms with Crippen LogP contribution in [0.5, 0.6) is 0 Å². The van der Waals surface area contributed by atoms with Crippen LogP contribution in [0.25, 0.3) is 0 Å². The number of morpholine rings is 1. The summed E-state index contributed by atoms with van der Waals surface area (Å²) < 4.78 is 5.30. The molecule has 2 rings (SSSR count). The Kier molecular flexibility index (Phi) is 7.84. The zero-order valence-electron chi connectivity index (χ0n) is 15.0. The van der Waals surface area contributed by atoms with Crippen molar-refractivity contribution < 1.29 is 14.3 Å². The molecule has 25 heavy (non-hydrogen) atoms. The molecule has 7 heteroatoms. The molecule has 1 heterocycles. The number of carbonyl (C=O) groups is 2. The lowest BCUT2D eigenvalue weighted by Gasteiger charge is -2.26. The summed E-state index contributed by atoms with van der Waals surface area (Å²) in [6, 6.07) is 6.95. The molecule has 1 saturated heterocycles. The van der Waals surface area contributed by atoms with Crippen molar-refractivity contribution in [2.45, 2.75) is 6.92 Å². The second kappa shape index (κ2) is 10.1. The molecular formula is C18H28N4O3. The van der Waals surface area contributed by atoms with Gasteiger partial charge in [0, 0.05) is 49.9 Å². The minimum absolute atomic E-state index is 0.0444. The topological polar surface area (TPSA) is 82.7 Å². The maximum atomic E-state index is 12.2. The number of benzene rings is 1. The van der Waals surface area contributed by atoms with E-state index in [1.165, 1.54) is 0 Å². The van der Waals surface area contributed by atoms with Crippen LogP contribution in [-0.2, 0) is 9.53 Å². The second-order valence-electron chi connectivity index (χ2n) is 6.24. The number of amides is 2. The Morgan fingerprint density at radius 1 is 1.20 bits per heavy atom. The summed E-state index contributed by atoms with van der Waals surface area (Å²) in [6.45, 7) is 7.26. The van der Waals surface area contributed by atoms with E-state index < -0.39 is 0 Å². The highest BCUT2D eigenvalue weighted by Crippen LogP contribution is 2.11. The van der Waals surface area contributed by atoms with E-state index in [1.54, 1.807) is 24.3 Å². The van der Waals surface area contributed by atoms with E-state index in [0.29, 0.717) is 24.3 Å². The van der Waals surface area contributed by atoms with Gasteiger partial charge >= 0.3 is 0 Å². The molecule has 0 bridgehead atoms. The van der Waals surface area contributed by atoms with Gasteiger partial charge in [0.05, 0.1) is 13.2 Å². The van der Waals surface area contributed by atoms with Crippen LogP contribution in [0, 0.1) is 5.92 Å². The lowest BCUT2D eigenvalue weighted by molar-refractivity contribution is -0.119. The van der Waals surface area contributed by atoms with E-state index in [0.717, 1.165) is 32.8 Å². The molecule has 0 aromatic heterocycles. The first-order valence-electron chi connectivity index (χ1n) is 8.74. The summed E-state index contributed by atoms with van der Waals surface area (Å²) in [5.74, 6) is -0.264. The van der Waals surface area contributed by atoms with Crippen LogP contribution >= 0.6 is 0 Å². The zero-order chi connectivity index (χ0) is 18.1. The SMILES string of the molecule is CNCC(C)C(=O)Nc1ccc(C(=O)NCCN2CCOCC2)cc1. The fourth-order valence-corrected chi connectivity index (χ4v) is 2.62. The van der Waals surface area contributed by atoms with Crippen molar-refractivity contribution in [1.82, 2.24) is 15.5 Å². The standard InChI is InChI=1S/C18H28N4O3/c1-14(13-19-2)17(23)21-16-5-3-15(4-6-16)18(24)20-7-8-22-9-11-25-12-10-22/h3-6,14,19H,7-13H2,1-2H3,(H,20,24)(H,21,23). The lowest BCUT2D eigenvalue weighted by atomic mass is 10.1. The average molecular weight is 348 g/mol. The molecule has 0 saturated carbocycles. The number of nitrogens with one attached hydrogen (secondary N) is 3. The molecule has 1 fully saturated rings. The predicted octanol–water partition coefficient (Wildman–Crippen LogP) is 0.543. The van der Waals surface area contributed by atoms with Crippen LogP contribution in [0.2, 0.25) is 0 Å². The molecule has 1 atom stereocenters. The Morgan fingerprint density at radius 2 is 1.88 bits per heavy atom. The monoisotopic (exact) mass is 348 g/mol. The second-order valence-corrected chi connectivity index (χ2v) is 6.24. The van der Waals surface area contributed by atoms with Crippen molar-refractivity contribution in [3.05, 3.63) is 29.8 Å². The van der Waals surface area contributed by atoms with Crippen molar-refractivity contribution in [3.63, 3.8) is 0 Å². The first-order chi connectivity index (χ1) is 12.1. The Bertz CT molecular complexity index is 556. The van der Waals surface area contributed by atoms with Crippen LogP contribution in [0.4, 0.5) is 5.69 Å². The van der Waals surface area contributed by atoms with Gasteiger partial charge in [-0.1, -0.05) is 6.92 Å². The quantitative estimate of drug-likeness (QED) is 0.639. The third-order valence-electron chi connectivity index (χ3n) is 4.19. The lowest BCUT2D eigenvalue weighted by Crippen LogP contribution is -2.41. The first kappa shape index (κ1) is 19.4. The van der Waals surface area contributed by atoms with E-state index in [9.17, 15) is 9.59 Å². The minimum atomic E-state index is -0.117. The number of ether oxygens (including phenoxy) is 1. The average Bonchev–Trinajstić information content (AvgIpc) is 2.63. The van der Waals surface area contributed by atoms with Gasteiger partial charge in [-0.3, -0.25) is 14.5 Å². The van der Waals surface area contributed by atoms with Gasteiger partial charge in [0.15, 0.2) is 0 Å². The normalized spacial score (nSPS) is 16.2. The Balaban J connectivity index is 1.76. The summed E-state index contributed by atoms with van der Waals surface area (Å²) in [7, 11) is 1.82. The van der Waals surface area contributed by atoms with Gasteiger partial charge in [0.25, 0.3) is 5.91 Å². The number of hydrogen-bond acceptors (Lipinski definition) is 5. The van der Waals surface area contributed by atoms with Crippen LogP contribution < -0.4 is 16.0 Å². The summed E-state index contributed by atoms with van der Waals surface area (Å²) in [6.07, 6.45) is 0. The van der Waals surface area contributed by atoms with E-state index in [1.807, 2.05) is 14.0 Å². The maximum Gasteiger partial charge on any atom is 0.251 e. The fourth-order valence-electron chi connectivity index (χ4n) is 2.62. The number of nitrogens with zero attached hydrogens (tertiary/aromatic N) is 1. The molecule has 7 nitrogen and oxygen atoms in total. The zero-order valence-corrected chi connectivity index (χ0v) is 15.0. The van der Waals surface area contributed by atoms with Crippen LogP contribution in [0.1, 0.15) is 17.3 Å². The number of hydrogen-bond donors (Lipinski definition) is 3. The summed E-state index contributed by atoms with van der Waals surface area (Å²) >= 11 is 0. The summed E-state index contributed by atoms with van der Waals surface area (Å²) in [4.78, 5) is 26.4. The Morgan fingerprint density at radius 3 is 2.52 bits per heavy atom. The third kappa shape index (κ3) is 6.45. The molecule has 2 amide bonds. The largest absolute Gasteiger partial charge is 0.379 e. The van der Waals surface area contributed by atoms with E-state index >= 15 is 0 Å². The molecule has 0 aliphatic carbocycles. The van der Waals surface area contributed by atoms with Gasteiger partial charge in [-0.25, -0.2) is 0 Å². The molecule has 1 aromatic carbocycles.